The molecule has 0 fully saturated rings. The van der Waals surface area contributed by atoms with Gasteiger partial charge in [-0.3, -0.25) is 4.79 Å². The summed E-state index contributed by atoms with van der Waals surface area (Å²) in [5, 5.41) is 8.39. The monoisotopic (exact) mass is 151 g/mol. The summed E-state index contributed by atoms with van der Waals surface area (Å²) in [4.78, 5) is 10.2. The molecule has 0 heterocycles. The van der Waals surface area contributed by atoms with Crippen molar-refractivity contribution in [2.75, 3.05) is 6.79 Å². The molecule has 0 aliphatic carbocycles. The Morgan fingerprint density at radius 1 is 1.45 bits per heavy atom. The molecule has 0 spiro atoms. The molecule has 0 amide bonds. The van der Waals surface area contributed by atoms with Crippen molar-refractivity contribution in [1.29, 1.82) is 0 Å². The summed E-state index contributed by atoms with van der Waals surface area (Å²) < 4.78 is 4.72. The quantitative estimate of drug-likeness (QED) is 0.639. The lowest BCUT2D eigenvalue weighted by molar-refractivity contribution is 0.0983. The molecule has 0 aliphatic heterocycles. The Bertz CT molecular complexity index is 245. The highest BCUT2D eigenvalue weighted by Gasteiger charge is 1.99. The Morgan fingerprint density at radius 3 is 2.82 bits per heavy atom. The smallest absolute Gasteiger partial charge is 0.237 e. The van der Waals surface area contributed by atoms with Gasteiger partial charge in [-0.1, -0.05) is 12.1 Å². The summed E-state index contributed by atoms with van der Waals surface area (Å²) in [7, 11) is 0. The van der Waals surface area contributed by atoms with Gasteiger partial charge in [0.15, 0.2) is 6.79 Å². The van der Waals surface area contributed by atoms with Crippen LogP contribution in [0.15, 0.2) is 24.3 Å². The normalized spacial score (nSPS) is 9.18. The third-order valence-corrected chi connectivity index (χ3v) is 1.22. The van der Waals surface area contributed by atoms with Crippen molar-refractivity contribution in [2.45, 2.75) is 0 Å². The van der Waals surface area contributed by atoms with E-state index in [-0.39, 0.29) is 0 Å². The van der Waals surface area contributed by atoms with Crippen molar-refractivity contribution < 1.29 is 14.6 Å². The van der Waals surface area contributed by atoms with Gasteiger partial charge in [-0.15, -0.1) is 0 Å². The molecule has 0 atom stereocenters. The van der Waals surface area contributed by atoms with Crippen molar-refractivity contribution >= 4 is 6.29 Å². The van der Waals surface area contributed by atoms with Gasteiger partial charge in [0, 0.05) is 0 Å². The van der Waals surface area contributed by atoms with Crippen molar-refractivity contribution in [2.24, 2.45) is 0 Å². The van der Waals surface area contributed by atoms with Gasteiger partial charge in [0.2, 0.25) is 6.29 Å². The Kier molecular flexibility index (Phi) is 2.63. The van der Waals surface area contributed by atoms with Crippen molar-refractivity contribution in [1.82, 2.24) is 0 Å². The second-order valence-corrected chi connectivity index (χ2v) is 1.87. The standard InChI is InChI=1S/C8H7O3/c9-5-7-3-1-2-4-8(7)11-6-10/h1-4,10H,6H2. The number of benzene rings is 1. The van der Waals surface area contributed by atoms with E-state index in [4.69, 9.17) is 9.84 Å². The van der Waals surface area contributed by atoms with Gasteiger partial charge in [0.1, 0.15) is 5.75 Å². The summed E-state index contributed by atoms with van der Waals surface area (Å²) in [6.45, 7) is -0.432. The summed E-state index contributed by atoms with van der Waals surface area (Å²) in [5.74, 6) is 0.352. The van der Waals surface area contributed by atoms with Crippen LogP contribution in [0.4, 0.5) is 0 Å². The lowest BCUT2D eigenvalue weighted by atomic mass is 10.2. The molecule has 3 heteroatoms. The molecule has 1 rings (SSSR count). The van der Waals surface area contributed by atoms with Crippen LogP contribution in [0.3, 0.4) is 0 Å². The van der Waals surface area contributed by atoms with Crippen LogP contribution in [0.5, 0.6) is 5.75 Å². The van der Waals surface area contributed by atoms with Crippen LogP contribution < -0.4 is 4.74 Å². The number of ether oxygens (including phenoxy) is 1. The first kappa shape index (κ1) is 7.75. The molecule has 1 N–H and O–H groups in total. The number of para-hydroxylation sites is 1. The number of aliphatic hydroxyl groups is 1. The summed E-state index contributed by atoms with van der Waals surface area (Å²) in [6, 6.07) is 6.57. The lowest BCUT2D eigenvalue weighted by Crippen LogP contribution is -1.97. The van der Waals surface area contributed by atoms with E-state index >= 15 is 0 Å². The maximum absolute atomic E-state index is 10.2. The maximum Gasteiger partial charge on any atom is 0.237 e. The molecule has 0 unspecified atom stereocenters. The van der Waals surface area contributed by atoms with Crippen LogP contribution in [-0.4, -0.2) is 18.2 Å². The highest BCUT2D eigenvalue weighted by molar-refractivity contribution is 5.79. The average molecular weight is 151 g/mol. The Labute approximate surface area is 64.2 Å². The zero-order valence-electron chi connectivity index (χ0n) is 5.78. The van der Waals surface area contributed by atoms with Gasteiger partial charge in [-0.25, -0.2) is 0 Å². The lowest BCUT2D eigenvalue weighted by Gasteiger charge is -2.02. The minimum Gasteiger partial charge on any atom is -0.467 e. The molecule has 0 aliphatic rings. The largest absolute Gasteiger partial charge is 0.467 e. The predicted octanol–water partition coefficient (Wildman–Crippen LogP) is 0.473. The zero-order chi connectivity index (χ0) is 8.10. The van der Waals surface area contributed by atoms with E-state index in [0.29, 0.717) is 11.3 Å². The molecule has 0 saturated heterocycles. The third kappa shape index (κ3) is 1.78. The predicted molar refractivity (Wildman–Crippen MR) is 39.0 cm³/mol. The first-order valence-corrected chi connectivity index (χ1v) is 3.09. The van der Waals surface area contributed by atoms with Crippen molar-refractivity contribution in [3.8, 4) is 5.75 Å². The Morgan fingerprint density at radius 2 is 2.18 bits per heavy atom. The highest BCUT2D eigenvalue weighted by atomic mass is 16.6. The molecule has 0 aromatic heterocycles. The number of hydrogen-bond acceptors (Lipinski definition) is 3. The van der Waals surface area contributed by atoms with Crippen LogP contribution in [0, 0.1) is 0 Å². The van der Waals surface area contributed by atoms with E-state index in [0.717, 1.165) is 0 Å². The Balaban J connectivity index is 2.92. The van der Waals surface area contributed by atoms with E-state index in [9.17, 15) is 4.79 Å². The fourth-order valence-corrected chi connectivity index (χ4v) is 0.746. The fourth-order valence-electron chi connectivity index (χ4n) is 0.746. The first-order chi connectivity index (χ1) is 5.38. The van der Waals surface area contributed by atoms with E-state index in [1.165, 1.54) is 0 Å². The first-order valence-electron chi connectivity index (χ1n) is 3.09. The molecule has 57 valence electrons. The molecular weight excluding hydrogens is 144 g/mol. The van der Waals surface area contributed by atoms with E-state index in [1.54, 1.807) is 30.6 Å². The zero-order valence-corrected chi connectivity index (χ0v) is 5.78. The average Bonchev–Trinajstić information content (AvgIpc) is 2.06. The molecule has 0 bridgehead atoms. The van der Waals surface area contributed by atoms with Crippen LogP contribution in [0.1, 0.15) is 5.56 Å². The minimum absolute atomic E-state index is 0.321. The van der Waals surface area contributed by atoms with Crippen LogP contribution >= 0.6 is 0 Å². The second kappa shape index (κ2) is 3.73. The van der Waals surface area contributed by atoms with Gasteiger partial charge < -0.3 is 9.84 Å². The molecule has 3 nitrogen and oxygen atoms in total. The molecule has 11 heavy (non-hydrogen) atoms. The number of rotatable bonds is 3. The van der Waals surface area contributed by atoms with Gasteiger partial charge in [0.25, 0.3) is 0 Å². The number of carbonyl (C=O) groups excluding carboxylic acids is 1. The summed E-state index contributed by atoms with van der Waals surface area (Å²) in [5.41, 5.74) is 0.321. The number of aliphatic hydroxyl groups excluding tert-OH is 1. The van der Waals surface area contributed by atoms with Crippen LogP contribution in [0.25, 0.3) is 0 Å². The Hall–Kier alpha value is -1.35. The van der Waals surface area contributed by atoms with Crippen molar-refractivity contribution in [3.63, 3.8) is 0 Å². The molecule has 1 radical (unpaired) electrons. The molecule has 0 saturated carbocycles. The van der Waals surface area contributed by atoms with Crippen molar-refractivity contribution in [3.05, 3.63) is 29.8 Å². The van der Waals surface area contributed by atoms with Gasteiger partial charge in [-0.05, 0) is 12.1 Å². The second-order valence-electron chi connectivity index (χ2n) is 1.87. The molecule has 1 aromatic carbocycles. The third-order valence-electron chi connectivity index (χ3n) is 1.22. The maximum atomic E-state index is 10.2. The van der Waals surface area contributed by atoms with Crippen LogP contribution in [-0.2, 0) is 4.79 Å². The van der Waals surface area contributed by atoms with E-state index < -0.39 is 6.79 Å². The SMILES string of the molecule is O=[C]c1ccccc1OCO. The highest BCUT2D eigenvalue weighted by Crippen LogP contribution is 2.14. The number of hydrogen-bond donors (Lipinski definition) is 1. The topological polar surface area (TPSA) is 46.5 Å². The minimum atomic E-state index is -0.432. The van der Waals surface area contributed by atoms with E-state index in [2.05, 4.69) is 0 Å². The summed E-state index contributed by atoms with van der Waals surface area (Å²) in [6.07, 6.45) is 1.69. The fraction of sp³-hybridized carbons (Fsp3) is 0.125. The van der Waals surface area contributed by atoms with Gasteiger partial charge in [0.05, 0.1) is 5.56 Å². The van der Waals surface area contributed by atoms with Crippen LogP contribution in [0.2, 0.25) is 0 Å². The summed E-state index contributed by atoms with van der Waals surface area (Å²) >= 11 is 0. The molecular formula is C8H7O3. The van der Waals surface area contributed by atoms with E-state index in [1.807, 2.05) is 0 Å². The molecule has 1 aromatic rings. The van der Waals surface area contributed by atoms with Gasteiger partial charge >= 0.3 is 0 Å². The van der Waals surface area contributed by atoms with Gasteiger partial charge in [-0.2, -0.15) is 0 Å².